The molecule has 1 rings (SSSR count). The van der Waals surface area contributed by atoms with E-state index in [0.29, 0.717) is 10.5 Å². The first-order valence-corrected chi connectivity index (χ1v) is 12.8. The highest BCUT2D eigenvalue weighted by Gasteiger charge is 2.19. The topological polar surface area (TPSA) is 9.23 Å². The van der Waals surface area contributed by atoms with Gasteiger partial charge in [0.05, 0.1) is 0 Å². The Hall–Kier alpha value is -0.280. The quantitative estimate of drug-likeness (QED) is 0.177. The van der Waals surface area contributed by atoms with Crippen LogP contribution in [0.25, 0.3) is 0 Å². The number of para-hydroxylation sites is 1. The highest BCUT2D eigenvalue weighted by molar-refractivity contribution is 7.81. The van der Waals surface area contributed by atoms with Crippen molar-refractivity contribution in [2.75, 3.05) is 0 Å². The van der Waals surface area contributed by atoms with Crippen LogP contribution in [0, 0.1) is 0 Å². The molecule has 0 bridgehead atoms. The van der Waals surface area contributed by atoms with Crippen LogP contribution in [0.1, 0.15) is 104 Å². The standard InChI is InChI=1S/C25H44OS2/c1-3-5-7-9-14-18-24(27)20-23(26-22-16-12-11-13-17-22)21-25(28)19-15-10-8-6-4-2/h11-13,16-17,23-25,27-28H,3-10,14-15,18-21H2,1-2H3. The van der Waals surface area contributed by atoms with E-state index in [0.717, 1.165) is 18.6 Å². The van der Waals surface area contributed by atoms with Crippen LogP contribution < -0.4 is 4.74 Å². The molecular weight excluding hydrogens is 380 g/mol. The maximum absolute atomic E-state index is 6.35. The Kier molecular flexibility index (Phi) is 16.2. The minimum absolute atomic E-state index is 0.207. The lowest BCUT2D eigenvalue weighted by Crippen LogP contribution is -2.25. The third-order valence-electron chi connectivity index (χ3n) is 5.40. The molecule has 28 heavy (non-hydrogen) atoms. The molecule has 162 valence electrons. The van der Waals surface area contributed by atoms with Gasteiger partial charge in [-0.1, -0.05) is 96.3 Å². The van der Waals surface area contributed by atoms with E-state index in [-0.39, 0.29) is 6.10 Å². The van der Waals surface area contributed by atoms with E-state index < -0.39 is 0 Å². The number of hydrogen-bond donors (Lipinski definition) is 2. The van der Waals surface area contributed by atoms with Gasteiger partial charge in [-0.2, -0.15) is 25.3 Å². The van der Waals surface area contributed by atoms with Crippen molar-refractivity contribution in [2.24, 2.45) is 0 Å². The first-order valence-electron chi connectivity index (χ1n) is 11.7. The molecule has 0 heterocycles. The fourth-order valence-corrected chi connectivity index (χ4v) is 4.53. The third-order valence-corrected chi connectivity index (χ3v) is 6.34. The zero-order valence-electron chi connectivity index (χ0n) is 18.3. The second-order valence-corrected chi connectivity index (χ2v) is 9.70. The molecule has 0 saturated carbocycles. The Morgan fingerprint density at radius 3 is 1.61 bits per heavy atom. The molecule has 0 aliphatic rings. The summed E-state index contributed by atoms with van der Waals surface area (Å²) in [5.74, 6) is 0.972. The maximum atomic E-state index is 6.35. The Morgan fingerprint density at radius 1 is 0.679 bits per heavy atom. The summed E-state index contributed by atoms with van der Waals surface area (Å²) in [5.41, 5.74) is 0. The highest BCUT2D eigenvalue weighted by Crippen LogP contribution is 2.25. The molecule has 1 aromatic rings. The van der Waals surface area contributed by atoms with Crippen LogP contribution in [0.2, 0.25) is 0 Å². The summed E-state index contributed by atoms with van der Waals surface area (Å²) in [6.07, 6.45) is 17.9. The predicted octanol–water partition coefficient (Wildman–Crippen LogP) is 8.53. The number of benzene rings is 1. The van der Waals surface area contributed by atoms with Gasteiger partial charge in [-0.3, -0.25) is 0 Å². The fraction of sp³-hybridized carbons (Fsp3) is 0.760. The van der Waals surface area contributed by atoms with Gasteiger partial charge in [0.25, 0.3) is 0 Å². The average molecular weight is 425 g/mol. The van der Waals surface area contributed by atoms with Crippen molar-refractivity contribution in [1.82, 2.24) is 0 Å². The third kappa shape index (κ3) is 13.8. The largest absolute Gasteiger partial charge is 0.490 e. The van der Waals surface area contributed by atoms with Crippen molar-refractivity contribution in [3.05, 3.63) is 30.3 Å². The monoisotopic (exact) mass is 424 g/mol. The van der Waals surface area contributed by atoms with Crippen LogP contribution in [-0.2, 0) is 0 Å². The molecule has 2 unspecified atom stereocenters. The molecule has 0 aliphatic heterocycles. The van der Waals surface area contributed by atoms with Crippen LogP contribution in [-0.4, -0.2) is 16.6 Å². The molecule has 0 aliphatic carbocycles. The summed E-state index contributed by atoms with van der Waals surface area (Å²) in [5, 5.41) is 0.834. The summed E-state index contributed by atoms with van der Waals surface area (Å²) < 4.78 is 6.35. The van der Waals surface area contributed by atoms with Crippen LogP contribution in [0.5, 0.6) is 5.75 Å². The molecular formula is C25H44OS2. The number of unbranched alkanes of at least 4 members (excludes halogenated alkanes) is 8. The van der Waals surface area contributed by atoms with Gasteiger partial charge < -0.3 is 4.74 Å². The SMILES string of the molecule is CCCCCCCC(S)CC(CC(S)CCCCCCC)Oc1ccccc1. The Balaban J connectivity index is 2.42. The van der Waals surface area contributed by atoms with E-state index in [1.807, 2.05) is 18.2 Å². The first kappa shape index (κ1) is 25.8. The Labute approximate surface area is 186 Å². The molecule has 1 aromatic carbocycles. The zero-order chi connectivity index (χ0) is 20.5. The van der Waals surface area contributed by atoms with Crippen molar-refractivity contribution in [1.29, 1.82) is 0 Å². The highest BCUT2D eigenvalue weighted by atomic mass is 32.1. The molecule has 0 radical (unpaired) electrons. The van der Waals surface area contributed by atoms with Crippen LogP contribution in [0.4, 0.5) is 0 Å². The van der Waals surface area contributed by atoms with Crippen LogP contribution in [0.15, 0.2) is 30.3 Å². The average Bonchev–Trinajstić information content (AvgIpc) is 2.68. The number of rotatable bonds is 18. The van der Waals surface area contributed by atoms with Gasteiger partial charge in [0.15, 0.2) is 0 Å². The first-order chi connectivity index (χ1) is 13.7. The molecule has 3 heteroatoms. The lowest BCUT2D eigenvalue weighted by Gasteiger charge is -2.25. The van der Waals surface area contributed by atoms with Gasteiger partial charge in [-0.25, -0.2) is 0 Å². The van der Waals surface area contributed by atoms with E-state index in [1.165, 1.54) is 77.0 Å². The van der Waals surface area contributed by atoms with Gasteiger partial charge in [0, 0.05) is 10.5 Å². The molecule has 0 amide bonds. The summed E-state index contributed by atoms with van der Waals surface area (Å²) in [7, 11) is 0. The summed E-state index contributed by atoms with van der Waals surface area (Å²) in [6.45, 7) is 4.54. The fourth-order valence-electron chi connectivity index (χ4n) is 3.69. The second kappa shape index (κ2) is 17.6. The van der Waals surface area contributed by atoms with Crippen molar-refractivity contribution in [3.8, 4) is 5.75 Å². The van der Waals surface area contributed by atoms with E-state index in [4.69, 9.17) is 30.0 Å². The van der Waals surface area contributed by atoms with Crippen LogP contribution >= 0.6 is 25.3 Å². The van der Waals surface area contributed by atoms with Gasteiger partial charge in [-0.05, 0) is 37.8 Å². The second-order valence-electron chi connectivity index (χ2n) is 8.24. The van der Waals surface area contributed by atoms with Gasteiger partial charge in [0.2, 0.25) is 0 Å². The van der Waals surface area contributed by atoms with Crippen molar-refractivity contribution < 1.29 is 4.74 Å². The van der Waals surface area contributed by atoms with Gasteiger partial charge in [-0.15, -0.1) is 0 Å². The predicted molar refractivity (Wildman–Crippen MR) is 132 cm³/mol. The van der Waals surface area contributed by atoms with E-state index in [9.17, 15) is 0 Å². The molecule has 0 saturated heterocycles. The van der Waals surface area contributed by atoms with E-state index >= 15 is 0 Å². The molecule has 0 N–H and O–H groups in total. The number of hydrogen-bond acceptors (Lipinski definition) is 3. The molecule has 0 fully saturated rings. The lowest BCUT2D eigenvalue weighted by molar-refractivity contribution is 0.177. The smallest absolute Gasteiger partial charge is 0.119 e. The Bertz CT molecular complexity index is 429. The normalized spacial score (nSPS) is 14.6. The van der Waals surface area contributed by atoms with E-state index in [2.05, 4.69) is 26.0 Å². The minimum Gasteiger partial charge on any atom is -0.490 e. The number of thiol groups is 2. The Morgan fingerprint density at radius 2 is 1.14 bits per heavy atom. The summed E-state index contributed by atoms with van der Waals surface area (Å²) in [6, 6.07) is 10.2. The van der Waals surface area contributed by atoms with Gasteiger partial charge >= 0.3 is 0 Å². The summed E-state index contributed by atoms with van der Waals surface area (Å²) >= 11 is 9.77. The lowest BCUT2D eigenvalue weighted by atomic mass is 10.0. The zero-order valence-corrected chi connectivity index (χ0v) is 20.1. The van der Waals surface area contributed by atoms with Crippen molar-refractivity contribution >= 4 is 25.3 Å². The maximum Gasteiger partial charge on any atom is 0.119 e. The van der Waals surface area contributed by atoms with Crippen molar-refractivity contribution in [2.45, 2.75) is 120 Å². The minimum atomic E-state index is 0.207. The summed E-state index contributed by atoms with van der Waals surface area (Å²) in [4.78, 5) is 0. The van der Waals surface area contributed by atoms with Crippen LogP contribution in [0.3, 0.4) is 0 Å². The molecule has 0 aromatic heterocycles. The number of ether oxygens (including phenoxy) is 1. The molecule has 0 spiro atoms. The molecule has 1 nitrogen and oxygen atoms in total. The van der Waals surface area contributed by atoms with E-state index in [1.54, 1.807) is 0 Å². The molecule has 2 atom stereocenters. The van der Waals surface area contributed by atoms with Gasteiger partial charge in [0.1, 0.15) is 11.9 Å². The van der Waals surface area contributed by atoms with Crippen molar-refractivity contribution in [3.63, 3.8) is 0 Å².